The van der Waals surface area contributed by atoms with Crippen molar-refractivity contribution in [3.63, 3.8) is 0 Å². The van der Waals surface area contributed by atoms with Gasteiger partial charge in [0.05, 0.1) is 5.56 Å². The molecule has 0 saturated carbocycles. The van der Waals surface area contributed by atoms with Gasteiger partial charge >= 0.3 is 0 Å². The van der Waals surface area contributed by atoms with E-state index < -0.39 is 0 Å². The van der Waals surface area contributed by atoms with Gasteiger partial charge in [-0.05, 0) is 66.3 Å². The molecule has 1 atom stereocenters. The number of halogens is 2. The lowest BCUT2D eigenvalue weighted by Gasteiger charge is -2.23. The predicted octanol–water partition coefficient (Wildman–Crippen LogP) is 4.07. The first-order valence-corrected chi connectivity index (χ1v) is 8.73. The third-order valence-electron chi connectivity index (χ3n) is 3.10. The van der Waals surface area contributed by atoms with Crippen molar-refractivity contribution >= 4 is 56.2 Å². The van der Waals surface area contributed by atoms with Crippen LogP contribution in [0.5, 0.6) is 0 Å². The summed E-state index contributed by atoms with van der Waals surface area (Å²) in [5, 5.41) is 3.06. The van der Waals surface area contributed by atoms with Gasteiger partial charge in [0, 0.05) is 19.3 Å². The molecular formula is C13H15BrINOS. The first-order valence-electron chi connectivity index (χ1n) is 5.87. The number of hydrogen-bond donors (Lipinski definition) is 1. The van der Waals surface area contributed by atoms with E-state index in [1.807, 2.05) is 30.0 Å². The molecule has 98 valence electrons. The SMILES string of the molecule is CC1(CNC(=O)c2cc(Br)ccc2I)CCCS1. The van der Waals surface area contributed by atoms with Gasteiger partial charge in [-0.1, -0.05) is 15.9 Å². The second kappa shape index (κ2) is 6.13. The molecule has 1 N–H and O–H groups in total. The fraction of sp³-hybridized carbons (Fsp3) is 0.462. The van der Waals surface area contributed by atoms with E-state index in [1.54, 1.807) is 0 Å². The van der Waals surface area contributed by atoms with E-state index in [9.17, 15) is 4.79 Å². The summed E-state index contributed by atoms with van der Waals surface area (Å²) in [5.74, 6) is 1.23. The Bertz CT molecular complexity index is 460. The van der Waals surface area contributed by atoms with Crippen LogP contribution in [0, 0.1) is 3.57 Å². The highest BCUT2D eigenvalue weighted by Crippen LogP contribution is 2.37. The van der Waals surface area contributed by atoms with Crippen molar-refractivity contribution in [2.75, 3.05) is 12.3 Å². The summed E-state index contributed by atoms with van der Waals surface area (Å²) < 4.78 is 2.14. The third kappa shape index (κ3) is 3.63. The molecule has 1 aliphatic heterocycles. The Morgan fingerprint density at radius 3 is 3.06 bits per heavy atom. The van der Waals surface area contributed by atoms with Crippen molar-refractivity contribution in [3.05, 3.63) is 31.8 Å². The van der Waals surface area contributed by atoms with E-state index in [1.165, 1.54) is 18.6 Å². The highest BCUT2D eigenvalue weighted by atomic mass is 127. The molecule has 1 unspecified atom stereocenters. The van der Waals surface area contributed by atoms with E-state index >= 15 is 0 Å². The first-order chi connectivity index (χ1) is 8.50. The Morgan fingerprint density at radius 2 is 2.39 bits per heavy atom. The van der Waals surface area contributed by atoms with E-state index in [-0.39, 0.29) is 10.7 Å². The Kier molecular flexibility index (Phi) is 4.99. The monoisotopic (exact) mass is 439 g/mol. The van der Waals surface area contributed by atoms with E-state index in [4.69, 9.17) is 0 Å². The number of nitrogens with one attached hydrogen (secondary N) is 1. The van der Waals surface area contributed by atoms with Gasteiger partial charge in [-0.3, -0.25) is 4.79 Å². The smallest absolute Gasteiger partial charge is 0.252 e. The molecule has 0 aromatic heterocycles. The molecule has 1 saturated heterocycles. The van der Waals surface area contributed by atoms with Gasteiger partial charge in [0.15, 0.2) is 0 Å². The zero-order chi connectivity index (χ0) is 13.2. The molecule has 5 heteroatoms. The lowest BCUT2D eigenvalue weighted by molar-refractivity contribution is 0.0949. The van der Waals surface area contributed by atoms with Crippen LogP contribution in [0.15, 0.2) is 22.7 Å². The average molecular weight is 440 g/mol. The van der Waals surface area contributed by atoms with Gasteiger partial charge in [-0.2, -0.15) is 11.8 Å². The molecule has 1 fully saturated rings. The van der Waals surface area contributed by atoms with Crippen LogP contribution in [-0.4, -0.2) is 23.0 Å². The molecular weight excluding hydrogens is 425 g/mol. The van der Waals surface area contributed by atoms with Crippen molar-refractivity contribution in [3.8, 4) is 0 Å². The zero-order valence-corrected chi connectivity index (χ0v) is 14.7. The summed E-state index contributed by atoms with van der Waals surface area (Å²) in [6.07, 6.45) is 2.44. The van der Waals surface area contributed by atoms with Crippen LogP contribution in [0.4, 0.5) is 0 Å². The van der Waals surface area contributed by atoms with Crippen molar-refractivity contribution < 1.29 is 4.79 Å². The van der Waals surface area contributed by atoms with Crippen LogP contribution in [0.25, 0.3) is 0 Å². The Balaban J connectivity index is 2.01. The number of benzene rings is 1. The van der Waals surface area contributed by atoms with E-state index in [2.05, 4.69) is 50.8 Å². The molecule has 2 rings (SSSR count). The van der Waals surface area contributed by atoms with E-state index in [0.29, 0.717) is 0 Å². The standard InChI is InChI=1S/C13H15BrINOS/c1-13(5-2-6-18-13)8-16-12(17)10-7-9(14)3-4-11(10)15/h3-4,7H,2,5-6,8H2,1H3,(H,16,17). The second-order valence-corrected chi connectivity index (χ2v) is 8.47. The minimum Gasteiger partial charge on any atom is -0.351 e. The number of hydrogen-bond acceptors (Lipinski definition) is 2. The lowest BCUT2D eigenvalue weighted by Crippen LogP contribution is -2.37. The quantitative estimate of drug-likeness (QED) is 0.719. The van der Waals surface area contributed by atoms with Crippen LogP contribution < -0.4 is 5.32 Å². The summed E-state index contributed by atoms with van der Waals surface area (Å²) >= 11 is 7.57. The number of rotatable bonds is 3. The summed E-state index contributed by atoms with van der Waals surface area (Å²) in [6.45, 7) is 2.98. The fourth-order valence-electron chi connectivity index (χ4n) is 2.01. The molecule has 0 spiro atoms. The summed E-state index contributed by atoms with van der Waals surface area (Å²) in [5.41, 5.74) is 0.747. The van der Waals surface area contributed by atoms with Crippen molar-refractivity contribution in [1.82, 2.24) is 5.32 Å². The van der Waals surface area contributed by atoms with Gasteiger partial charge in [0.2, 0.25) is 0 Å². The molecule has 0 radical (unpaired) electrons. The van der Waals surface area contributed by atoms with Crippen LogP contribution in [0.2, 0.25) is 0 Å². The van der Waals surface area contributed by atoms with E-state index in [0.717, 1.165) is 20.2 Å². The maximum Gasteiger partial charge on any atom is 0.252 e. The van der Waals surface area contributed by atoms with Crippen molar-refractivity contribution in [2.45, 2.75) is 24.5 Å². The fourth-order valence-corrected chi connectivity index (χ4v) is 4.20. The first kappa shape index (κ1) is 14.7. The van der Waals surface area contributed by atoms with Gasteiger partial charge in [-0.25, -0.2) is 0 Å². The number of amides is 1. The van der Waals surface area contributed by atoms with Gasteiger partial charge in [-0.15, -0.1) is 0 Å². The highest BCUT2D eigenvalue weighted by Gasteiger charge is 2.29. The van der Waals surface area contributed by atoms with Gasteiger partial charge in [0.1, 0.15) is 0 Å². The van der Waals surface area contributed by atoms with Crippen molar-refractivity contribution in [2.24, 2.45) is 0 Å². The summed E-state index contributed by atoms with van der Waals surface area (Å²) in [7, 11) is 0. The molecule has 1 aromatic carbocycles. The molecule has 2 nitrogen and oxygen atoms in total. The normalized spacial score (nSPS) is 23.1. The molecule has 1 amide bonds. The minimum absolute atomic E-state index is 0.0226. The van der Waals surface area contributed by atoms with Crippen LogP contribution in [-0.2, 0) is 0 Å². The Hall–Kier alpha value is 0.250. The topological polar surface area (TPSA) is 29.1 Å². The highest BCUT2D eigenvalue weighted by molar-refractivity contribution is 14.1. The third-order valence-corrected chi connectivity index (χ3v) is 6.07. The molecule has 1 aromatic rings. The van der Waals surface area contributed by atoms with Gasteiger partial charge < -0.3 is 5.32 Å². The maximum atomic E-state index is 12.2. The van der Waals surface area contributed by atoms with Gasteiger partial charge in [0.25, 0.3) is 5.91 Å². The summed E-state index contributed by atoms with van der Waals surface area (Å²) in [6, 6.07) is 5.78. The Labute approximate surface area is 134 Å². The zero-order valence-electron chi connectivity index (χ0n) is 10.1. The number of thioether (sulfide) groups is 1. The number of carbonyl (C=O) groups is 1. The predicted molar refractivity (Wildman–Crippen MR) is 89.3 cm³/mol. The Morgan fingerprint density at radius 1 is 1.61 bits per heavy atom. The number of carbonyl (C=O) groups excluding carboxylic acids is 1. The molecule has 0 aliphatic carbocycles. The molecule has 18 heavy (non-hydrogen) atoms. The lowest BCUT2D eigenvalue weighted by atomic mass is 10.1. The average Bonchev–Trinajstić information content (AvgIpc) is 2.77. The summed E-state index contributed by atoms with van der Waals surface area (Å²) in [4.78, 5) is 12.2. The second-order valence-electron chi connectivity index (χ2n) is 4.71. The maximum absolute atomic E-state index is 12.2. The van der Waals surface area contributed by atoms with Crippen molar-refractivity contribution in [1.29, 1.82) is 0 Å². The molecule has 0 bridgehead atoms. The van der Waals surface area contributed by atoms with Crippen LogP contribution >= 0.6 is 50.3 Å². The molecule has 1 aliphatic rings. The van der Waals surface area contributed by atoms with Crippen LogP contribution in [0.1, 0.15) is 30.1 Å². The largest absolute Gasteiger partial charge is 0.351 e. The minimum atomic E-state index is 0.0226. The van der Waals surface area contributed by atoms with Crippen LogP contribution in [0.3, 0.4) is 0 Å². The molecule has 1 heterocycles.